The average molecular weight is 461 g/mol. The molecule has 0 aliphatic carbocycles. The zero-order valence-corrected chi connectivity index (χ0v) is 15.6. The van der Waals surface area contributed by atoms with E-state index in [9.17, 15) is 14.4 Å². The summed E-state index contributed by atoms with van der Waals surface area (Å²) in [6.45, 7) is 0.511. The second-order valence-electron chi connectivity index (χ2n) is 5.74. The largest absolute Gasteiger partial charge is 0.465 e. The van der Waals surface area contributed by atoms with Gasteiger partial charge in [0.25, 0.3) is 5.91 Å². The summed E-state index contributed by atoms with van der Waals surface area (Å²) in [4.78, 5) is 36.4. The zero-order chi connectivity index (χ0) is 18.4. The summed E-state index contributed by atoms with van der Waals surface area (Å²) in [5.41, 5.74) is 6.26. The summed E-state index contributed by atoms with van der Waals surface area (Å²) in [6, 6.07) is 6.62. The van der Waals surface area contributed by atoms with Gasteiger partial charge in [-0.3, -0.25) is 9.59 Å². The minimum atomic E-state index is -1.10. The van der Waals surface area contributed by atoms with E-state index in [1.807, 2.05) is 24.3 Å². The summed E-state index contributed by atoms with van der Waals surface area (Å²) in [6.07, 6.45) is -1.29. The fourth-order valence-electron chi connectivity index (χ4n) is 2.50. The van der Waals surface area contributed by atoms with Gasteiger partial charge in [-0.1, -0.05) is 12.1 Å². The van der Waals surface area contributed by atoms with Crippen LogP contribution in [-0.4, -0.2) is 59.8 Å². The molecule has 1 aromatic carbocycles. The fourth-order valence-corrected chi connectivity index (χ4v) is 2.86. The molecule has 136 valence electrons. The van der Waals surface area contributed by atoms with Crippen molar-refractivity contribution < 1.29 is 24.2 Å². The lowest BCUT2D eigenvalue weighted by Gasteiger charge is -2.23. The van der Waals surface area contributed by atoms with Gasteiger partial charge in [0.05, 0.1) is 6.54 Å². The van der Waals surface area contributed by atoms with Crippen molar-refractivity contribution in [2.75, 3.05) is 19.7 Å². The van der Waals surface area contributed by atoms with E-state index in [4.69, 9.17) is 15.6 Å². The van der Waals surface area contributed by atoms with Gasteiger partial charge in [0, 0.05) is 23.1 Å². The predicted octanol–water partition coefficient (Wildman–Crippen LogP) is 0.573. The lowest BCUT2D eigenvalue weighted by atomic mass is 10.1. The summed E-state index contributed by atoms with van der Waals surface area (Å²) < 4.78 is 6.48. The van der Waals surface area contributed by atoms with Crippen LogP contribution in [0.2, 0.25) is 0 Å². The molecule has 0 spiro atoms. The fraction of sp³-hybridized carbons (Fsp3) is 0.438. The molecule has 8 nitrogen and oxygen atoms in total. The molecule has 0 radical (unpaired) electrons. The molecule has 0 saturated carbocycles. The topological polar surface area (TPSA) is 122 Å². The number of carboxylic acid groups (broad SMARTS) is 1. The summed E-state index contributed by atoms with van der Waals surface area (Å²) in [7, 11) is 0. The molecule has 2 rings (SSSR count). The molecular weight excluding hydrogens is 441 g/mol. The smallest absolute Gasteiger partial charge is 0.407 e. The van der Waals surface area contributed by atoms with Crippen LogP contribution in [0.25, 0.3) is 0 Å². The number of halogens is 1. The summed E-state index contributed by atoms with van der Waals surface area (Å²) >= 11 is 2.17. The number of hydrogen-bond acceptors (Lipinski definition) is 4. The van der Waals surface area contributed by atoms with Gasteiger partial charge in [-0.15, -0.1) is 0 Å². The summed E-state index contributed by atoms with van der Waals surface area (Å²) in [5, 5.41) is 11.7. The second kappa shape index (κ2) is 8.99. The number of amides is 3. The number of nitrogens with one attached hydrogen (secondary N) is 1. The first-order valence-electron chi connectivity index (χ1n) is 7.80. The van der Waals surface area contributed by atoms with Crippen LogP contribution in [0.15, 0.2) is 24.3 Å². The molecule has 4 N–H and O–H groups in total. The number of carbonyl (C=O) groups excluding carboxylic acids is 2. The molecule has 1 unspecified atom stereocenters. The van der Waals surface area contributed by atoms with Crippen LogP contribution in [0, 0.1) is 3.57 Å². The lowest BCUT2D eigenvalue weighted by molar-refractivity contribution is -0.135. The van der Waals surface area contributed by atoms with Crippen LogP contribution >= 0.6 is 22.6 Å². The van der Waals surface area contributed by atoms with E-state index in [2.05, 4.69) is 27.9 Å². The van der Waals surface area contributed by atoms with Crippen LogP contribution in [0.3, 0.4) is 0 Å². The highest BCUT2D eigenvalue weighted by Crippen LogP contribution is 2.10. The Bertz CT molecular complexity index is 637. The quantitative estimate of drug-likeness (QED) is 0.554. The Hall–Kier alpha value is -1.88. The molecule has 3 amide bonds. The third-order valence-corrected chi connectivity index (χ3v) is 4.57. The SMILES string of the molecule is NC(=O)C(Cc1ccc(I)cc1)NC(=O)[C@@H]1CN(C(=O)O)CCCO1. The third-order valence-electron chi connectivity index (χ3n) is 3.85. The van der Waals surface area contributed by atoms with Crippen LogP contribution in [-0.2, 0) is 20.7 Å². The van der Waals surface area contributed by atoms with Gasteiger partial charge < -0.3 is 25.8 Å². The van der Waals surface area contributed by atoms with Crippen molar-refractivity contribution in [1.82, 2.24) is 10.2 Å². The van der Waals surface area contributed by atoms with Crippen molar-refractivity contribution in [2.24, 2.45) is 5.73 Å². The minimum Gasteiger partial charge on any atom is -0.465 e. The van der Waals surface area contributed by atoms with Crippen molar-refractivity contribution >= 4 is 40.5 Å². The van der Waals surface area contributed by atoms with E-state index >= 15 is 0 Å². The molecule has 1 saturated heterocycles. The number of nitrogens with two attached hydrogens (primary N) is 1. The third kappa shape index (κ3) is 5.85. The first-order chi connectivity index (χ1) is 11.9. The highest BCUT2D eigenvalue weighted by atomic mass is 127. The van der Waals surface area contributed by atoms with E-state index in [1.165, 1.54) is 0 Å². The van der Waals surface area contributed by atoms with Gasteiger partial charge in [0.2, 0.25) is 5.91 Å². The van der Waals surface area contributed by atoms with Gasteiger partial charge in [-0.2, -0.15) is 0 Å². The Morgan fingerprint density at radius 1 is 1.36 bits per heavy atom. The van der Waals surface area contributed by atoms with E-state index in [1.54, 1.807) is 0 Å². The van der Waals surface area contributed by atoms with Gasteiger partial charge in [0.1, 0.15) is 6.04 Å². The number of hydrogen-bond donors (Lipinski definition) is 3. The maximum absolute atomic E-state index is 12.4. The first kappa shape index (κ1) is 19.4. The van der Waals surface area contributed by atoms with Crippen LogP contribution in [0.1, 0.15) is 12.0 Å². The highest BCUT2D eigenvalue weighted by molar-refractivity contribution is 14.1. The number of rotatable bonds is 5. The molecular formula is C16H20IN3O5. The monoisotopic (exact) mass is 461 g/mol. The molecule has 0 aromatic heterocycles. The van der Waals surface area contributed by atoms with Crippen molar-refractivity contribution in [3.63, 3.8) is 0 Å². The lowest BCUT2D eigenvalue weighted by Crippen LogP contribution is -2.52. The number of primary amides is 1. The van der Waals surface area contributed by atoms with E-state index in [0.717, 1.165) is 14.0 Å². The van der Waals surface area contributed by atoms with Crippen LogP contribution in [0.5, 0.6) is 0 Å². The number of ether oxygens (including phenoxy) is 1. The maximum Gasteiger partial charge on any atom is 0.407 e. The molecule has 1 aliphatic heterocycles. The minimum absolute atomic E-state index is 0.0732. The second-order valence-corrected chi connectivity index (χ2v) is 6.98. The van der Waals surface area contributed by atoms with E-state index < -0.39 is 30.1 Å². The average Bonchev–Trinajstić information content (AvgIpc) is 2.82. The number of benzene rings is 1. The molecule has 9 heteroatoms. The standard InChI is InChI=1S/C16H20IN3O5/c17-11-4-2-10(3-5-11)8-12(14(18)21)19-15(22)13-9-20(16(23)24)6-1-7-25-13/h2-5,12-13H,1,6-9H2,(H2,18,21)(H,19,22)(H,23,24)/t12?,13-/m0/s1. The van der Waals surface area contributed by atoms with Crippen molar-refractivity contribution in [3.05, 3.63) is 33.4 Å². The Morgan fingerprint density at radius 2 is 2.04 bits per heavy atom. The van der Waals surface area contributed by atoms with Gasteiger partial charge >= 0.3 is 6.09 Å². The van der Waals surface area contributed by atoms with Crippen molar-refractivity contribution in [2.45, 2.75) is 25.0 Å². The Morgan fingerprint density at radius 3 is 2.64 bits per heavy atom. The Balaban J connectivity index is 2.02. The molecule has 1 fully saturated rings. The van der Waals surface area contributed by atoms with Gasteiger partial charge in [-0.25, -0.2) is 4.79 Å². The molecule has 1 heterocycles. The molecule has 1 aliphatic rings. The first-order valence-corrected chi connectivity index (χ1v) is 8.88. The predicted molar refractivity (Wildman–Crippen MR) is 97.9 cm³/mol. The molecule has 25 heavy (non-hydrogen) atoms. The van der Waals surface area contributed by atoms with Crippen molar-refractivity contribution in [1.29, 1.82) is 0 Å². The molecule has 2 atom stereocenters. The number of carbonyl (C=O) groups is 3. The Labute approximate surface area is 158 Å². The maximum atomic E-state index is 12.4. The van der Waals surface area contributed by atoms with E-state index in [-0.39, 0.29) is 19.6 Å². The molecule has 0 bridgehead atoms. The van der Waals surface area contributed by atoms with E-state index in [0.29, 0.717) is 13.0 Å². The normalized spacial score (nSPS) is 18.9. The van der Waals surface area contributed by atoms with Crippen molar-refractivity contribution in [3.8, 4) is 0 Å². The Kier molecular flexibility index (Phi) is 7.00. The number of nitrogens with zero attached hydrogens (tertiary/aromatic N) is 1. The summed E-state index contributed by atoms with van der Waals surface area (Å²) in [5.74, 6) is -1.20. The van der Waals surface area contributed by atoms with Gasteiger partial charge in [-0.05, 0) is 46.7 Å². The zero-order valence-electron chi connectivity index (χ0n) is 13.5. The van der Waals surface area contributed by atoms with Crippen LogP contribution in [0.4, 0.5) is 4.79 Å². The highest BCUT2D eigenvalue weighted by Gasteiger charge is 2.30. The molecule has 1 aromatic rings. The van der Waals surface area contributed by atoms with Crippen LogP contribution < -0.4 is 11.1 Å². The van der Waals surface area contributed by atoms with Gasteiger partial charge in [0.15, 0.2) is 6.10 Å².